The van der Waals surface area contributed by atoms with Gasteiger partial charge in [-0.25, -0.2) is 8.78 Å². The number of carbonyl (C=O) groups excluding carboxylic acids is 1. The first kappa shape index (κ1) is 15.1. The Labute approximate surface area is 109 Å². The summed E-state index contributed by atoms with van der Waals surface area (Å²) in [4.78, 5) is 23.9. The van der Waals surface area contributed by atoms with Crippen LogP contribution in [0.1, 0.15) is 30.6 Å². The molecule has 1 unspecified atom stereocenters. The van der Waals surface area contributed by atoms with Crippen molar-refractivity contribution in [1.82, 2.24) is 4.90 Å². The largest absolute Gasteiger partial charge is 0.481 e. The quantitative estimate of drug-likeness (QED) is 0.893. The van der Waals surface area contributed by atoms with Crippen molar-refractivity contribution in [2.75, 3.05) is 6.54 Å². The molecular weight excluding hydrogens is 256 g/mol. The summed E-state index contributed by atoms with van der Waals surface area (Å²) in [5, 5.41) is 8.70. The van der Waals surface area contributed by atoms with Crippen LogP contribution in [0.2, 0.25) is 0 Å². The molecule has 1 N–H and O–H groups in total. The van der Waals surface area contributed by atoms with E-state index in [2.05, 4.69) is 0 Å². The molecule has 4 nitrogen and oxygen atoms in total. The molecule has 0 spiro atoms. The van der Waals surface area contributed by atoms with Gasteiger partial charge in [0, 0.05) is 12.6 Å². The van der Waals surface area contributed by atoms with E-state index < -0.39 is 35.1 Å². The zero-order chi connectivity index (χ0) is 14.6. The number of benzene rings is 1. The normalized spacial score (nSPS) is 12.0. The van der Waals surface area contributed by atoms with Gasteiger partial charge in [-0.2, -0.15) is 0 Å². The molecule has 104 valence electrons. The second-order valence-corrected chi connectivity index (χ2v) is 4.13. The van der Waals surface area contributed by atoms with Crippen LogP contribution in [0, 0.1) is 11.6 Å². The minimum absolute atomic E-state index is 0.168. The van der Waals surface area contributed by atoms with Crippen LogP contribution in [0.3, 0.4) is 0 Å². The van der Waals surface area contributed by atoms with Gasteiger partial charge in [-0.15, -0.1) is 0 Å². The van der Waals surface area contributed by atoms with Crippen LogP contribution >= 0.6 is 0 Å². The van der Waals surface area contributed by atoms with E-state index in [1.165, 1.54) is 13.0 Å². The van der Waals surface area contributed by atoms with Gasteiger partial charge in [0.15, 0.2) is 0 Å². The van der Waals surface area contributed by atoms with Crippen molar-refractivity contribution in [2.24, 2.45) is 0 Å². The number of halogens is 2. The van der Waals surface area contributed by atoms with Crippen LogP contribution < -0.4 is 0 Å². The maximum Gasteiger partial charge on any atom is 0.305 e. The van der Waals surface area contributed by atoms with E-state index in [0.29, 0.717) is 0 Å². The van der Waals surface area contributed by atoms with Crippen molar-refractivity contribution in [3.05, 3.63) is 35.4 Å². The number of nitrogens with zero attached hydrogens (tertiary/aromatic N) is 1. The van der Waals surface area contributed by atoms with E-state index in [-0.39, 0.29) is 13.0 Å². The van der Waals surface area contributed by atoms with Crippen molar-refractivity contribution in [3.8, 4) is 0 Å². The van der Waals surface area contributed by atoms with Crippen LogP contribution in [-0.4, -0.2) is 34.5 Å². The van der Waals surface area contributed by atoms with Crippen LogP contribution in [0.15, 0.2) is 18.2 Å². The smallest absolute Gasteiger partial charge is 0.305 e. The van der Waals surface area contributed by atoms with Gasteiger partial charge in [-0.05, 0) is 26.0 Å². The molecule has 1 aromatic rings. The fourth-order valence-corrected chi connectivity index (χ4v) is 1.86. The lowest BCUT2D eigenvalue weighted by Gasteiger charge is -2.27. The highest BCUT2D eigenvalue weighted by Crippen LogP contribution is 2.17. The van der Waals surface area contributed by atoms with Gasteiger partial charge in [0.25, 0.3) is 5.91 Å². The Morgan fingerprint density at radius 3 is 2.26 bits per heavy atom. The molecule has 0 aliphatic carbocycles. The molecule has 1 atom stereocenters. The summed E-state index contributed by atoms with van der Waals surface area (Å²) in [6, 6.07) is 2.50. The SMILES string of the molecule is CCN(C(=O)c1c(F)cccc1F)C(C)CC(=O)O. The highest BCUT2D eigenvalue weighted by Gasteiger charge is 2.26. The van der Waals surface area contributed by atoms with Gasteiger partial charge < -0.3 is 10.0 Å². The number of hydrogen-bond donors (Lipinski definition) is 1. The molecule has 0 fully saturated rings. The number of hydrogen-bond acceptors (Lipinski definition) is 2. The minimum Gasteiger partial charge on any atom is -0.481 e. The summed E-state index contributed by atoms with van der Waals surface area (Å²) in [6.45, 7) is 3.31. The number of aliphatic carboxylic acids is 1. The maximum atomic E-state index is 13.5. The Balaban J connectivity index is 3.05. The molecule has 1 rings (SSSR count). The van der Waals surface area contributed by atoms with Gasteiger partial charge in [-0.1, -0.05) is 6.07 Å². The van der Waals surface area contributed by atoms with E-state index in [4.69, 9.17) is 5.11 Å². The highest BCUT2D eigenvalue weighted by atomic mass is 19.1. The lowest BCUT2D eigenvalue weighted by atomic mass is 10.1. The molecular formula is C13H15F2NO3. The number of amides is 1. The second-order valence-electron chi connectivity index (χ2n) is 4.13. The molecule has 1 aromatic carbocycles. The van der Waals surface area contributed by atoms with Crippen LogP contribution in [0.25, 0.3) is 0 Å². The lowest BCUT2D eigenvalue weighted by molar-refractivity contribution is -0.138. The van der Waals surface area contributed by atoms with Gasteiger partial charge in [-0.3, -0.25) is 9.59 Å². The third-order valence-electron chi connectivity index (χ3n) is 2.78. The first-order valence-electron chi connectivity index (χ1n) is 5.85. The fourth-order valence-electron chi connectivity index (χ4n) is 1.86. The van der Waals surface area contributed by atoms with Gasteiger partial charge in [0.1, 0.15) is 17.2 Å². The van der Waals surface area contributed by atoms with Crippen molar-refractivity contribution >= 4 is 11.9 Å². The first-order chi connectivity index (χ1) is 8.88. The monoisotopic (exact) mass is 271 g/mol. The van der Waals surface area contributed by atoms with Gasteiger partial charge in [0.2, 0.25) is 0 Å². The molecule has 0 saturated carbocycles. The first-order valence-corrected chi connectivity index (χ1v) is 5.85. The summed E-state index contributed by atoms with van der Waals surface area (Å²) in [6.07, 6.45) is -0.282. The van der Waals surface area contributed by atoms with Crippen LogP contribution in [0.4, 0.5) is 8.78 Å². The Morgan fingerprint density at radius 1 is 1.32 bits per heavy atom. The molecule has 0 aromatic heterocycles. The van der Waals surface area contributed by atoms with Crippen LogP contribution in [0.5, 0.6) is 0 Å². The predicted molar refractivity (Wildman–Crippen MR) is 64.8 cm³/mol. The zero-order valence-electron chi connectivity index (χ0n) is 10.7. The van der Waals surface area contributed by atoms with E-state index in [0.717, 1.165) is 17.0 Å². The molecule has 0 aliphatic heterocycles. The lowest BCUT2D eigenvalue weighted by Crippen LogP contribution is -2.40. The molecule has 6 heteroatoms. The molecule has 19 heavy (non-hydrogen) atoms. The third kappa shape index (κ3) is 3.49. The second kappa shape index (κ2) is 6.26. The predicted octanol–water partition coefficient (Wildman–Crippen LogP) is 2.29. The summed E-state index contributed by atoms with van der Waals surface area (Å²) >= 11 is 0. The summed E-state index contributed by atoms with van der Waals surface area (Å²) in [5.74, 6) is -3.82. The van der Waals surface area contributed by atoms with E-state index >= 15 is 0 Å². The number of carboxylic acids is 1. The van der Waals surface area contributed by atoms with Crippen LogP contribution in [-0.2, 0) is 4.79 Å². The summed E-state index contributed by atoms with van der Waals surface area (Å²) < 4.78 is 27.0. The van der Waals surface area contributed by atoms with Gasteiger partial charge in [0.05, 0.1) is 6.42 Å². The average molecular weight is 271 g/mol. The molecule has 0 radical (unpaired) electrons. The van der Waals surface area contributed by atoms with Gasteiger partial charge >= 0.3 is 5.97 Å². The fraction of sp³-hybridized carbons (Fsp3) is 0.385. The van der Waals surface area contributed by atoms with Crippen molar-refractivity contribution in [3.63, 3.8) is 0 Å². The van der Waals surface area contributed by atoms with E-state index in [1.807, 2.05) is 0 Å². The summed E-state index contributed by atoms with van der Waals surface area (Å²) in [7, 11) is 0. The van der Waals surface area contributed by atoms with E-state index in [1.54, 1.807) is 6.92 Å². The molecule has 0 saturated heterocycles. The number of rotatable bonds is 5. The van der Waals surface area contributed by atoms with Crippen molar-refractivity contribution < 1.29 is 23.5 Å². The Kier molecular flexibility index (Phi) is 4.97. The Hall–Kier alpha value is -1.98. The Bertz CT molecular complexity index is 471. The maximum absolute atomic E-state index is 13.5. The zero-order valence-corrected chi connectivity index (χ0v) is 10.7. The van der Waals surface area contributed by atoms with Crippen molar-refractivity contribution in [2.45, 2.75) is 26.3 Å². The average Bonchev–Trinajstić information content (AvgIpc) is 2.28. The third-order valence-corrected chi connectivity index (χ3v) is 2.78. The minimum atomic E-state index is -1.08. The Morgan fingerprint density at radius 2 is 1.84 bits per heavy atom. The number of carbonyl (C=O) groups is 2. The van der Waals surface area contributed by atoms with Crippen molar-refractivity contribution in [1.29, 1.82) is 0 Å². The summed E-state index contributed by atoms with van der Waals surface area (Å²) in [5.41, 5.74) is -0.651. The molecule has 0 aliphatic rings. The standard InChI is InChI=1S/C13H15F2NO3/c1-3-16(8(2)7-11(17)18)13(19)12-9(14)5-4-6-10(12)15/h4-6,8H,3,7H2,1-2H3,(H,17,18). The van der Waals surface area contributed by atoms with E-state index in [9.17, 15) is 18.4 Å². The topological polar surface area (TPSA) is 57.6 Å². The number of carboxylic acid groups (broad SMARTS) is 1. The molecule has 1 amide bonds. The molecule has 0 heterocycles. The molecule has 0 bridgehead atoms. The highest BCUT2D eigenvalue weighted by molar-refractivity contribution is 5.95.